The van der Waals surface area contributed by atoms with Gasteiger partial charge in [-0.3, -0.25) is 14.5 Å². The highest BCUT2D eigenvalue weighted by Gasteiger charge is 2.27. The van der Waals surface area contributed by atoms with Gasteiger partial charge in [-0.15, -0.1) is 0 Å². The molecule has 1 atom stereocenters. The van der Waals surface area contributed by atoms with E-state index in [2.05, 4.69) is 45.2 Å². The molecule has 5 heteroatoms. The van der Waals surface area contributed by atoms with Crippen LogP contribution in [0, 0.1) is 6.92 Å². The van der Waals surface area contributed by atoms with Gasteiger partial charge in [-0.05, 0) is 31.9 Å². The molecule has 1 aliphatic heterocycles. The minimum absolute atomic E-state index is 0.335. The third-order valence-corrected chi connectivity index (χ3v) is 4.65. The van der Waals surface area contributed by atoms with E-state index in [4.69, 9.17) is 4.98 Å². The van der Waals surface area contributed by atoms with E-state index in [0.717, 1.165) is 36.8 Å². The third kappa shape index (κ3) is 2.95. The quantitative estimate of drug-likeness (QED) is 0.740. The van der Waals surface area contributed by atoms with Crippen molar-refractivity contribution < 1.29 is 0 Å². The Balaban J connectivity index is 1.59. The first-order valence-corrected chi connectivity index (χ1v) is 8.41. The van der Waals surface area contributed by atoms with Crippen LogP contribution < -0.4 is 0 Å². The summed E-state index contributed by atoms with van der Waals surface area (Å²) in [5.74, 6) is 1.77. The number of hydrogen-bond donors (Lipinski definition) is 0. The smallest absolute Gasteiger partial charge is 0.156 e. The van der Waals surface area contributed by atoms with E-state index in [1.807, 2.05) is 23.9 Å². The van der Waals surface area contributed by atoms with Crippen LogP contribution in [-0.2, 0) is 6.54 Å². The predicted octanol–water partition coefficient (Wildman–Crippen LogP) is 3.31. The van der Waals surface area contributed by atoms with Crippen LogP contribution in [0.25, 0.3) is 5.82 Å². The second-order valence-electron chi connectivity index (χ2n) is 6.26. The van der Waals surface area contributed by atoms with Gasteiger partial charge in [0.25, 0.3) is 0 Å². The van der Waals surface area contributed by atoms with Crippen molar-refractivity contribution in [3.05, 3.63) is 72.2 Å². The normalized spacial score (nSPS) is 18.1. The Hall–Kier alpha value is -2.53. The average Bonchev–Trinajstić information content (AvgIpc) is 3.25. The van der Waals surface area contributed by atoms with Crippen molar-refractivity contribution in [2.24, 2.45) is 0 Å². The minimum atomic E-state index is 0.335. The molecule has 0 N–H and O–H groups in total. The summed E-state index contributed by atoms with van der Waals surface area (Å²) in [4.78, 5) is 16.1. The van der Waals surface area contributed by atoms with Crippen LogP contribution in [0.4, 0.5) is 0 Å². The highest BCUT2D eigenvalue weighted by Crippen LogP contribution is 2.32. The fourth-order valence-corrected chi connectivity index (χ4v) is 3.44. The second kappa shape index (κ2) is 6.53. The van der Waals surface area contributed by atoms with Gasteiger partial charge in [-0.25, -0.2) is 9.97 Å². The monoisotopic (exact) mass is 319 g/mol. The lowest BCUT2D eigenvalue weighted by Gasteiger charge is -2.24. The Morgan fingerprint density at radius 2 is 2.04 bits per heavy atom. The number of rotatable bonds is 4. The molecule has 1 unspecified atom stereocenters. The van der Waals surface area contributed by atoms with E-state index in [1.54, 1.807) is 12.4 Å². The first-order valence-electron chi connectivity index (χ1n) is 8.41. The number of benzene rings is 1. The summed E-state index contributed by atoms with van der Waals surface area (Å²) in [5.41, 5.74) is 2.40. The van der Waals surface area contributed by atoms with Gasteiger partial charge in [0, 0.05) is 18.9 Å². The maximum absolute atomic E-state index is 4.87. The molecule has 0 radical (unpaired) electrons. The van der Waals surface area contributed by atoms with E-state index >= 15 is 0 Å². The Labute approximate surface area is 142 Å². The van der Waals surface area contributed by atoms with Crippen molar-refractivity contribution in [2.75, 3.05) is 6.54 Å². The zero-order chi connectivity index (χ0) is 16.4. The summed E-state index contributed by atoms with van der Waals surface area (Å²) in [6.07, 6.45) is 9.76. The Kier molecular flexibility index (Phi) is 4.09. The lowest BCUT2D eigenvalue weighted by atomic mass is 10.1. The molecule has 5 nitrogen and oxygen atoms in total. The maximum atomic E-state index is 4.87. The molecule has 24 heavy (non-hydrogen) atoms. The first kappa shape index (κ1) is 15.0. The summed E-state index contributed by atoms with van der Waals surface area (Å²) < 4.78 is 1.98. The molecule has 0 spiro atoms. The fraction of sp³-hybridized carbons (Fsp3) is 0.316. The average molecular weight is 319 g/mol. The van der Waals surface area contributed by atoms with E-state index in [1.165, 1.54) is 12.0 Å². The van der Waals surface area contributed by atoms with Gasteiger partial charge in [0.05, 0.1) is 24.1 Å². The van der Waals surface area contributed by atoms with Crippen LogP contribution in [0.1, 0.15) is 36.0 Å². The summed E-state index contributed by atoms with van der Waals surface area (Å²) in [6.45, 7) is 4.04. The molecule has 0 saturated carbocycles. The molecule has 3 heterocycles. The minimum Gasteiger partial charge on any atom is -0.290 e. The standard InChI is InChI=1S/C19H21N5/c1-15-21-9-11-24(15)19-13-20-12-17(22-19)18-8-5-10-23(18)14-16-6-3-2-4-7-16/h2-4,6-7,9,11-13,18H,5,8,10,14H2,1H3. The molecular weight excluding hydrogens is 298 g/mol. The number of hydrogen-bond acceptors (Lipinski definition) is 4. The van der Waals surface area contributed by atoms with Crippen molar-refractivity contribution in [1.82, 2.24) is 24.4 Å². The lowest BCUT2D eigenvalue weighted by molar-refractivity contribution is 0.244. The Morgan fingerprint density at radius 3 is 2.83 bits per heavy atom. The van der Waals surface area contributed by atoms with E-state index in [9.17, 15) is 0 Å². The van der Waals surface area contributed by atoms with Gasteiger partial charge >= 0.3 is 0 Å². The molecule has 1 aliphatic rings. The van der Waals surface area contributed by atoms with E-state index in [-0.39, 0.29) is 0 Å². The Bertz CT molecular complexity index is 811. The molecule has 2 aromatic heterocycles. The van der Waals surface area contributed by atoms with Crippen LogP contribution >= 0.6 is 0 Å². The van der Waals surface area contributed by atoms with E-state index in [0.29, 0.717) is 6.04 Å². The maximum Gasteiger partial charge on any atom is 0.156 e. The van der Waals surface area contributed by atoms with Gasteiger partial charge in [0.2, 0.25) is 0 Å². The zero-order valence-corrected chi connectivity index (χ0v) is 13.8. The van der Waals surface area contributed by atoms with Crippen molar-refractivity contribution in [3.8, 4) is 5.82 Å². The van der Waals surface area contributed by atoms with Crippen molar-refractivity contribution in [2.45, 2.75) is 32.4 Å². The summed E-state index contributed by atoms with van der Waals surface area (Å²) in [6, 6.07) is 11.0. The second-order valence-corrected chi connectivity index (χ2v) is 6.26. The molecule has 3 aromatic rings. The largest absolute Gasteiger partial charge is 0.290 e. The van der Waals surface area contributed by atoms with Crippen LogP contribution in [0.5, 0.6) is 0 Å². The first-order chi connectivity index (χ1) is 11.8. The van der Waals surface area contributed by atoms with Gasteiger partial charge in [0.15, 0.2) is 5.82 Å². The predicted molar refractivity (Wildman–Crippen MR) is 92.7 cm³/mol. The zero-order valence-electron chi connectivity index (χ0n) is 13.8. The van der Waals surface area contributed by atoms with Gasteiger partial charge in [0.1, 0.15) is 5.82 Å². The van der Waals surface area contributed by atoms with Crippen LogP contribution in [0.3, 0.4) is 0 Å². The number of imidazole rings is 1. The number of aromatic nitrogens is 4. The molecule has 0 aliphatic carbocycles. The van der Waals surface area contributed by atoms with Crippen molar-refractivity contribution in [1.29, 1.82) is 0 Å². The van der Waals surface area contributed by atoms with Crippen LogP contribution in [-0.4, -0.2) is 31.0 Å². The van der Waals surface area contributed by atoms with Crippen molar-refractivity contribution >= 4 is 0 Å². The number of nitrogens with zero attached hydrogens (tertiary/aromatic N) is 5. The lowest BCUT2D eigenvalue weighted by Crippen LogP contribution is -2.24. The fourth-order valence-electron chi connectivity index (χ4n) is 3.44. The third-order valence-electron chi connectivity index (χ3n) is 4.65. The number of aryl methyl sites for hydroxylation is 1. The molecule has 122 valence electrons. The molecule has 4 rings (SSSR count). The summed E-state index contributed by atoms with van der Waals surface area (Å²) in [5, 5.41) is 0. The van der Waals surface area contributed by atoms with Gasteiger partial charge in [-0.1, -0.05) is 30.3 Å². The SMILES string of the molecule is Cc1nccn1-c1cncc(C2CCCN2Cc2ccccc2)n1. The van der Waals surface area contributed by atoms with Crippen molar-refractivity contribution in [3.63, 3.8) is 0 Å². The Morgan fingerprint density at radius 1 is 1.17 bits per heavy atom. The topological polar surface area (TPSA) is 46.8 Å². The highest BCUT2D eigenvalue weighted by atomic mass is 15.2. The van der Waals surface area contributed by atoms with Gasteiger partial charge < -0.3 is 0 Å². The molecule has 1 aromatic carbocycles. The van der Waals surface area contributed by atoms with Crippen LogP contribution in [0.2, 0.25) is 0 Å². The van der Waals surface area contributed by atoms with E-state index < -0.39 is 0 Å². The molecule has 1 fully saturated rings. The van der Waals surface area contributed by atoms with Crippen LogP contribution in [0.15, 0.2) is 55.1 Å². The number of likely N-dealkylation sites (tertiary alicyclic amines) is 1. The summed E-state index contributed by atoms with van der Waals surface area (Å²) >= 11 is 0. The molecular formula is C19H21N5. The molecule has 0 bridgehead atoms. The molecule has 0 amide bonds. The molecule has 1 saturated heterocycles. The highest BCUT2D eigenvalue weighted by molar-refractivity contribution is 5.24. The van der Waals surface area contributed by atoms with Gasteiger partial charge in [-0.2, -0.15) is 0 Å². The summed E-state index contributed by atoms with van der Waals surface area (Å²) in [7, 11) is 0.